The molecule has 0 saturated carbocycles. The van der Waals surface area contributed by atoms with E-state index in [0.29, 0.717) is 21.9 Å². The van der Waals surface area contributed by atoms with Gasteiger partial charge in [0, 0.05) is 12.3 Å². The van der Waals surface area contributed by atoms with Crippen molar-refractivity contribution in [2.24, 2.45) is 0 Å². The second kappa shape index (κ2) is 7.76. The maximum Gasteiger partial charge on any atom is 0.338 e. The van der Waals surface area contributed by atoms with Gasteiger partial charge < -0.3 is 4.74 Å². The van der Waals surface area contributed by atoms with Crippen molar-refractivity contribution in [2.75, 3.05) is 0 Å². The molecular formula is C22H19ClN4O3. The smallest absolute Gasteiger partial charge is 0.338 e. The first-order chi connectivity index (χ1) is 14.3. The van der Waals surface area contributed by atoms with Gasteiger partial charge in [0.05, 0.1) is 33.4 Å². The van der Waals surface area contributed by atoms with Gasteiger partial charge in [0.15, 0.2) is 0 Å². The van der Waals surface area contributed by atoms with Crippen LogP contribution in [0.25, 0.3) is 11.3 Å². The lowest BCUT2D eigenvalue weighted by Gasteiger charge is -2.08. The molecule has 30 heavy (non-hydrogen) atoms. The molecule has 0 unspecified atom stereocenters. The Kier molecular flexibility index (Phi) is 5.13. The highest BCUT2D eigenvalue weighted by atomic mass is 35.5. The van der Waals surface area contributed by atoms with E-state index in [1.165, 1.54) is 10.5 Å². The van der Waals surface area contributed by atoms with Gasteiger partial charge in [-0.3, -0.25) is 9.20 Å². The van der Waals surface area contributed by atoms with Gasteiger partial charge in [-0.2, -0.15) is 5.10 Å². The first kappa shape index (κ1) is 19.8. The van der Waals surface area contributed by atoms with Crippen LogP contribution in [-0.4, -0.2) is 25.1 Å². The Morgan fingerprint density at radius 1 is 1.10 bits per heavy atom. The summed E-state index contributed by atoms with van der Waals surface area (Å²) < 4.78 is 8.53. The lowest BCUT2D eigenvalue weighted by atomic mass is 10.2. The van der Waals surface area contributed by atoms with Gasteiger partial charge in [0.25, 0.3) is 5.56 Å². The molecule has 0 aliphatic carbocycles. The highest BCUT2D eigenvalue weighted by Gasteiger charge is 2.13. The van der Waals surface area contributed by atoms with E-state index in [2.05, 4.69) is 10.1 Å². The Morgan fingerprint density at radius 3 is 2.50 bits per heavy atom. The summed E-state index contributed by atoms with van der Waals surface area (Å²) in [6.45, 7) is 5.53. The second-order valence-corrected chi connectivity index (χ2v) is 7.42. The monoisotopic (exact) mass is 422 g/mol. The van der Waals surface area contributed by atoms with Crippen molar-refractivity contribution >= 4 is 23.2 Å². The number of hydrogen-bond donors (Lipinski definition) is 0. The molecule has 0 bridgehead atoms. The van der Waals surface area contributed by atoms with E-state index in [1.54, 1.807) is 41.2 Å². The average molecular weight is 423 g/mol. The molecule has 0 atom stereocenters. The zero-order valence-electron chi connectivity index (χ0n) is 16.7. The second-order valence-electron chi connectivity index (χ2n) is 7.04. The Morgan fingerprint density at radius 2 is 1.83 bits per heavy atom. The first-order valence-corrected chi connectivity index (χ1v) is 9.69. The number of benzene rings is 1. The molecule has 0 amide bonds. The van der Waals surface area contributed by atoms with E-state index in [1.807, 2.05) is 26.8 Å². The molecule has 8 heteroatoms. The number of carbonyl (C=O) groups is 1. The lowest BCUT2D eigenvalue weighted by Crippen LogP contribution is -2.17. The van der Waals surface area contributed by atoms with Crippen molar-refractivity contribution in [1.29, 1.82) is 0 Å². The molecule has 0 radical (unpaired) electrons. The normalized spacial score (nSPS) is 11.1. The first-order valence-electron chi connectivity index (χ1n) is 9.32. The summed E-state index contributed by atoms with van der Waals surface area (Å²) in [7, 11) is 0. The highest BCUT2D eigenvalue weighted by molar-refractivity contribution is 6.31. The third-order valence-corrected chi connectivity index (χ3v) is 5.31. The number of esters is 1. The molecule has 152 valence electrons. The summed E-state index contributed by atoms with van der Waals surface area (Å²) in [5.74, 6) is -0.501. The SMILES string of the molecule is Cc1ccc2nc(COC(=O)c3ccc(-n4nc(C)c(Cl)c4C)cc3)cc(=O)n2c1. The van der Waals surface area contributed by atoms with E-state index in [0.717, 1.165) is 22.6 Å². The maximum absolute atomic E-state index is 12.4. The molecule has 1 aromatic carbocycles. The van der Waals surface area contributed by atoms with Gasteiger partial charge >= 0.3 is 5.97 Å². The predicted octanol–water partition coefficient (Wildman–Crippen LogP) is 3.82. The van der Waals surface area contributed by atoms with Crippen LogP contribution in [0.3, 0.4) is 0 Å². The predicted molar refractivity (Wildman–Crippen MR) is 113 cm³/mol. The van der Waals surface area contributed by atoms with Crippen LogP contribution in [-0.2, 0) is 11.3 Å². The summed E-state index contributed by atoms with van der Waals surface area (Å²) >= 11 is 6.20. The molecule has 0 fully saturated rings. The topological polar surface area (TPSA) is 78.5 Å². The lowest BCUT2D eigenvalue weighted by molar-refractivity contribution is 0.0467. The standard InChI is InChI=1S/C22H19ClN4O3/c1-13-4-9-19-24-17(10-20(28)26(19)11-13)12-30-22(29)16-5-7-18(8-6-16)27-15(3)21(23)14(2)25-27/h4-11H,12H2,1-3H3. The fourth-order valence-electron chi connectivity index (χ4n) is 3.17. The van der Waals surface area contributed by atoms with Crippen molar-refractivity contribution in [1.82, 2.24) is 19.2 Å². The van der Waals surface area contributed by atoms with E-state index in [9.17, 15) is 9.59 Å². The van der Waals surface area contributed by atoms with Crippen LogP contribution in [0, 0.1) is 20.8 Å². The Labute approximate surface area is 177 Å². The Balaban J connectivity index is 1.49. The van der Waals surface area contributed by atoms with Crippen LogP contribution in [0.4, 0.5) is 0 Å². The van der Waals surface area contributed by atoms with Crippen molar-refractivity contribution in [3.8, 4) is 5.69 Å². The molecule has 4 rings (SSSR count). The van der Waals surface area contributed by atoms with Gasteiger partial charge in [-0.1, -0.05) is 17.7 Å². The third kappa shape index (κ3) is 3.71. The van der Waals surface area contributed by atoms with Crippen molar-refractivity contribution in [3.63, 3.8) is 0 Å². The molecule has 0 N–H and O–H groups in total. The Bertz CT molecular complexity index is 1320. The van der Waals surface area contributed by atoms with Gasteiger partial charge in [-0.15, -0.1) is 0 Å². The van der Waals surface area contributed by atoms with Crippen LogP contribution in [0.15, 0.2) is 53.5 Å². The third-order valence-electron chi connectivity index (χ3n) is 4.76. The molecule has 3 aromatic heterocycles. The van der Waals surface area contributed by atoms with Crippen LogP contribution in [0.5, 0.6) is 0 Å². The quantitative estimate of drug-likeness (QED) is 0.467. The number of ether oxygens (including phenoxy) is 1. The van der Waals surface area contributed by atoms with Gasteiger partial charge in [0.2, 0.25) is 0 Å². The highest BCUT2D eigenvalue weighted by Crippen LogP contribution is 2.22. The molecule has 0 aliphatic heterocycles. The van der Waals surface area contributed by atoms with Crippen molar-refractivity contribution in [3.05, 3.63) is 92.2 Å². The summed E-state index contributed by atoms with van der Waals surface area (Å²) in [5, 5.41) is 5.02. The Hall–Kier alpha value is -3.45. The summed E-state index contributed by atoms with van der Waals surface area (Å²) in [5.41, 5.74) is 4.38. The number of carbonyl (C=O) groups excluding carboxylic acids is 1. The molecular weight excluding hydrogens is 404 g/mol. The zero-order chi connectivity index (χ0) is 21.4. The zero-order valence-corrected chi connectivity index (χ0v) is 17.5. The number of nitrogens with zero attached hydrogens (tertiary/aromatic N) is 4. The number of pyridine rings is 1. The van der Waals surface area contributed by atoms with Gasteiger partial charge in [0.1, 0.15) is 12.3 Å². The number of aryl methyl sites for hydroxylation is 2. The molecule has 3 heterocycles. The van der Waals surface area contributed by atoms with E-state index in [4.69, 9.17) is 16.3 Å². The average Bonchev–Trinajstić information content (AvgIpc) is 3.00. The summed E-state index contributed by atoms with van der Waals surface area (Å²) in [6, 6.07) is 11.9. The van der Waals surface area contributed by atoms with E-state index in [-0.39, 0.29) is 12.2 Å². The summed E-state index contributed by atoms with van der Waals surface area (Å²) in [4.78, 5) is 29.0. The minimum atomic E-state index is -0.501. The maximum atomic E-state index is 12.4. The van der Waals surface area contributed by atoms with Gasteiger partial charge in [-0.25, -0.2) is 14.5 Å². The van der Waals surface area contributed by atoms with Crippen LogP contribution < -0.4 is 5.56 Å². The summed E-state index contributed by atoms with van der Waals surface area (Å²) in [6.07, 6.45) is 1.72. The number of halogens is 1. The molecule has 0 aliphatic rings. The molecule has 4 aromatic rings. The van der Waals surface area contributed by atoms with Gasteiger partial charge in [-0.05, 0) is 56.7 Å². The largest absolute Gasteiger partial charge is 0.456 e. The van der Waals surface area contributed by atoms with E-state index >= 15 is 0 Å². The fraction of sp³-hybridized carbons (Fsp3) is 0.182. The van der Waals surface area contributed by atoms with E-state index < -0.39 is 5.97 Å². The number of rotatable bonds is 4. The minimum Gasteiger partial charge on any atom is -0.456 e. The number of hydrogen-bond acceptors (Lipinski definition) is 5. The number of aromatic nitrogens is 4. The van der Waals surface area contributed by atoms with Crippen LogP contribution in [0.1, 0.15) is 33.0 Å². The fourth-order valence-corrected chi connectivity index (χ4v) is 3.29. The van der Waals surface area contributed by atoms with Crippen LogP contribution in [0.2, 0.25) is 5.02 Å². The molecule has 7 nitrogen and oxygen atoms in total. The van der Waals surface area contributed by atoms with Crippen molar-refractivity contribution < 1.29 is 9.53 Å². The number of fused-ring (bicyclic) bond motifs is 1. The van der Waals surface area contributed by atoms with Crippen LogP contribution >= 0.6 is 11.6 Å². The molecule has 0 spiro atoms. The molecule has 0 saturated heterocycles. The minimum absolute atomic E-state index is 0.0900. The van der Waals surface area contributed by atoms with Crippen molar-refractivity contribution in [2.45, 2.75) is 27.4 Å².